The lowest BCUT2D eigenvalue weighted by Crippen LogP contribution is -1.92. The highest BCUT2D eigenvalue weighted by atomic mass is 32.1. The fraction of sp³-hybridized carbons (Fsp3) is 0.143. The van der Waals surface area contributed by atoms with E-state index in [1.54, 1.807) is 12.2 Å². The highest BCUT2D eigenvalue weighted by Crippen LogP contribution is 2.06. The van der Waals surface area contributed by atoms with E-state index >= 15 is 0 Å². The molecule has 0 fully saturated rings. The Morgan fingerprint density at radius 1 is 1.67 bits per heavy atom. The molecule has 0 unspecified atom stereocenters. The first-order chi connectivity index (χ1) is 4.33. The van der Waals surface area contributed by atoms with Gasteiger partial charge in [0, 0.05) is 11.3 Å². The minimum atomic E-state index is 0.659. The molecular formula is C7H5NS. The van der Waals surface area contributed by atoms with Gasteiger partial charge in [0.05, 0.1) is 11.6 Å². The average Bonchev–Trinajstić information content (AvgIpc) is 1.88. The molecule has 1 nitrogen and oxygen atoms in total. The molecule has 0 amide bonds. The van der Waals surface area contributed by atoms with Gasteiger partial charge in [0.1, 0.15) is 0 Å². The predicted octanol–water partition coefficient (Wildman–Crippen LogP) is 1.77. The van der Waals surface area contributed by atoms with Crippen LogP contribution in [0.2, 0.25) is 0 Å². The van der Waals surface area contributed by atoms with E-state index < -0.39 is 0 Å². The van der Waals surface area contributed by atoms with E-state index in [9.17, 15) is 0 Å². The van der Waals surface area contributed by atoms with Gasteiger partial charge in [-0.1, -0.05) is 18.3 Å². The summed E-state index contributed by atoms with van der Waals surface area (Å²) < 4.78 is 0. The van der Waals surface area contributed by atoms with Gasteiger partial charge in [0.15, 0.2) is 0 Å². The third-order valence-corrected chi connectivity index (χ3v) is 1.35. The van der Waals surface area contributed by atoms with Gasteiger partial charge in [0.25, 0.3) is 0 Å². The summed E-state index contributed by atoms with van der Waals surface area (Å²) in [6, 6.07) is 2.02. The van der Waals surface area contributed by atoms with Gasteiger partial charge in [0.2, 0.25) is 0 Å². The topological polar surface area (TPSA) is 23.8 Å². The summed E-state index contributed by atoms with van der Waals surface area (Å²) >= 11 is 4.87. The van der Waals surface area contributed by atoms with Crippen molar-refractivity contribution in [2.75, 3.05) is 0 Å². The Morgan fingerprint density at radius 2 is 2.44 bits per heavy atom. The van der Waals surface area contributed by atoms with Gasteiger partial charge >= 0.3 is 0 Å². The largest absolute Gasteiger partial charge is 0.192 e. The molecule has 0 bridgehead atoms. The van der Waals surface area contributed by atoms with Crippen LogP contribution in [0, 0.1) is 11.3 Å². The van der Waals surface area contributed by atoms with Gasteiger partial charge < -0.3 is 0 Å². The molecule has 0 radical (unpaired) electrons. The smallest absolute Gasteiger partial charge is 0.0991 e. The summed E-state index contributed by atoms with van der Waals surface area (Å²) in [5.74, 6) is 0. The number of rotatable bonds is 0. The Kier molecular flexibility index (Phi) is 1.76. The zero-order valence-electron chi connectivity index (χ0n) is 4.79. The van der Waals surface area contributed by atoms with Crippen molar-refractivity contribution in [2.45, 2.75) is 6.42 Å². The van der Waals surface area contributed by atoms with Gasteiger partial charge in [-0.05, 0) is 12.2 Å². The Bertz CT molecular complexity index is 230. The predicted molar refractivity (Wildman–Crippen MR) is 40.1 cm³/mol. The van der Waals surface area contributed by atoms with Crippen molar-refractivity contribution >= 4 is 17.1 Å². The molecule has 1 aliphatic carbocycles. The average molecular weight is 135 g/mol. The fourth-order valence-corrected chi connectivity index (χ4v) is 0.875. The lowest BCUT2D eigenvalue weighted by Gasteiger charge is -1.97. The Labute approximate surface area is 59.3 Å². The Hall–Kier alpha value is -0.940. The van der Waals surface area contributed by atoms with Crippen LogP contribution in [0.25, 0.3) is 0 Å². The van der Waals surface area contributed by atoms with Crippen LogP contribution in [-0.2, 0) is 0 Å². The van der Waals surface area contributed by atoms with Crippen molar-refractivity contribution in [3.05, 3.63) is 23.8 Å². The van der Waals surface area contributed by atoms with Crippen molar-refractivity contribution in [3.63, 3.8) is 0 Å². The van der Waals surface area contributed by atoms with Gasteiger partial charge in [-0.25, -0.2) is 0 Å². The van der Waals surface area contributed by atoms with Gasteiger partial charge in [-0.3, -0.25) is 0 Å². The second kappa shape index (κ2) is 2.56. The first kappa shape index (κ1) is 6.18. The molecule has 0 saturated heterocycles. The molecule has 2 heteroatoms. The molecule has 0 aromatic carbocycles. The number of hydrogen-bond acceptors (Lipinski definition) is 2. The highest BCUT2D eigenvalue weighted by molar-refractivity contribution is 7.80. The van der Waals surface area contributed by atoms with E-state index in [1.165, 1.54) is 0 Å². The van der Waals surface area contributed by atoms with E-state index in [-0.39, 0.29) is 0 Å². The lowest BCUT2D eigenvalue weighted by atomic mass is 10.1. The number of allylic oxidation sites excluding steroid dienone is 4. The maximum absolute atomic E-state index is 8.38. The van der Waals surface area contributed by atoms with Crippen molar-refractivity contribution < 1.29 is 0 Å². The van der Waals surface area contributed by atoms with E-state index in [0.29, 0.717) is 5.57 Å². The van der Waals surface area contributed by atoms with Crippen LogP contribution in [0.15, 0.2) is 23.8 Å². The highest BCUT2D eigenvalue weighted by Gasteiger charge is 1.97. The monoisotopic (exact) mass is 135 g/mol. The number of thiocarbonyl (C=S) groups is 1. The number of nitriles is 1. The molecular weight excluding hydrogens is 130 g/mol. The maximum Gasteiger partial charge on any atom is 0.0991 e. The summed E-state index contributed by atoms with van der Waals surface area (Å²) in [6.07, 6.45) is 6.23. The fourth-order valence-electron chi connectivity index (χ4n) is 0.652. The van der Waals surface area contributed by atoms with Crippen LogP contribution in [0.3, 0.4) is 0 Å². The second-order valence-electron chi connectivity index (χ2n) is 1.78. The van der Waals surface area contributed by atoms with Crippen LogP contribution >= 0.6 is 12.2 Å². The summed E-state index contributed by atoms with van der Waals surface area (Å²) in [5, 5.41) is 8.38. The molecule has 0 spiro atoms. The first-order valence-corrected chi connectivity index (χ1v) is 3.05. The molecule has 1 rings (SSSR count). The molecule has 44 valence electrons. The molecule has 0 aliphatic heterocycles. The summed E-state index contributed by atoms with van der Waals surface area (Å²) in [6.45, 7) is 0. The van der Waals surface area contributed by atoms with Crippen molar-refractivity contribution in [1.29, 1.82) is 5.26 Å². The standard InChI is InChI=1S/C7H5NS/c8-5-6-2-1-3-7(9)4-6/h1-2,4H,3H2. The van der Waals surface area contributed by atoms with Crippen LogP contribution in [0.1, 0.15) is 6.42 Å². The normalized spacial score (nSPS) is 16.8. The molecule has 0 aromatic rings. The number of hydrogen-bond donors (Lipinski definition) is 0. The zero-order chi connectivity index (χ0) is 6.69. The SMILES string of the molecule is N#CC1=CC(=S)CC=C1. The first-order valence-electron chi connectivity index (χ1n) is 2.64. The minimum absolute atomic E-state index is 0.659. The van der Waals surface area contributed by atoms with Crippen LogP contribution in [-0.4, -0.2) is 4.86 Å². The molecule has 0 atom stereocenters. The molecule has 9 heavy (non-hydrogen) atoms. The molecule has 0 saturated carbocycles. The van der Waals surface area contributed by atoms with Crippen LogP contribution in [0.4, 0.5) is 0 Å². The van der Waals surface area contributed by atoms with Crippen molar-refractivity contribution in [3.8, 4) is 6.07 Å². The quantitative estimate of drug-likeness (QED) is 0.472. The van der Waals surface area contributed by atoms with Crippen molar-refractivity contribution in [2.24, 2.45) is 0 Å². The van der Waals surface area contributed by atoms with Crippen LogP contribution < -0.4 is 0 Å². The molecule has 0 heterocycles. The molecule has 0 aromatic heterocycles. The molecule has 0 N–H and O–H groups in total. The van der Waals surface area contributed by atoms with E-state index in [2.05, 4.69) is 0 Å². The van der Waals surface area contributed by atoms with E-state index in [1.807, 2.05) is 12.1 Å². The Balaban J connectivity index is 2.86. The Morgan fingerprint density at radius 3 is 2.89 bits per heavy atom. The second-order valence-corrected chi connectivity index (χ2v) is 2.31. The van der Waals surface area contributed by atoms with Crippen molar-refractivity contribution in [1.82, 2.24) is 0 Å². The van der Waals surface area contributed by atoms with E-state index in [4.69, 9.17) is 17.5 Å². The minimum Gasteiger partial charge on any atom is -0.192 e. The van der Waals surface area contributed by atoms with E-state index in [0.717, 1.165) is 11.3 Å². The molecule has 1 aliphatic rings. The zero-order valence-corrected chi connectivity index (χ0v) is 5.61. The summed E-state index contributed by atoms with van der Waals surface area (Å²) in [4.78, 5) is 0.842. The third kappa shape index (κ3) is 1.48. The summed E-state index contributed by atoms with van der Waals surface area (Å²) in [7, 11) is 0. The summed E-state index contributed by atoms with van der Waals surface area (Å²) in [5.41, 5.74) is 0.659. The maximum atomic E-state index is 8.38. The number of nitrogens with zero attached hydrogens (tertiary/aromatic N) is 1. The van der Waals surface area contributed by atoms with Crippen LogP contribution in [0.5, 0.6) is 0 Å². The van der Waals surface area contributed by atoms with Gasteiger partial charge in [-0.2, -0.15) is 5.26 Å². The third-order valence-electron chi connectivity index (χ3n) is 1.06. The van der Waals surface area contributed by atoms with Gasteiger partial charge in [-0.15, -0.1) is 0 Å². The lowest BCUT2D eigenvalue weighted by molar-refractivity contribution is 1.44.